The highest BCUT2D eigenvalue weighted by Crippen LogP contribution is 2.19. The van der Waals surface area contributed by atoms with E-state index in [4.69, 9.17) is 0 Å². The van der Waals surface area contributed by atoms with Crippen LogP contribution in [0.25, 0.3) is 0 Å². The van der Waals surface area contributed by atoms with Crippen LogP contribution in [0.15, 0.2) is 35.0 Å². The van der Waals surface area contributed by atoms with Gasteiger partial charge in [0.15, 0.2) is 0 Å². The second kappa shape index (κ2) is 7.10. The molecule has 0 bridgehead atoms. The van der Waals surface area contributed by atoms with Gasteiger partial charge in [-0.25, -0.2) is 8.78 Å². The number of carbonyl (C=O) groups excluding carboxylic acids is 2. The normalized spacial score (nSPS) is 11.8. The lowest BCUT2D eigenvalue weighted by atomic mass is 10.1. The maximum Gasteiger partial charge on any atom is 0.313 e. The molecule has 2 amide bonds. The highest BCUT2D eigenvalue weighted by Gasteiger charge is 2.20. The van der Waals surface area contributed by atoms with Crippen LogP contribution in [0.4, 0.5) is 14.5 Å². The van der Waals surface area contributed by atoms with Crippen molar-refractivity contribution in [1.82, 2.24) is 5.32 Å². The van der Waals surface area contributed by atoms with Crippen LogP contribution in [0, 0.1) is 11.6 Å². The van der Waals surface area contributed by atoms with Crippen LogP contribution >= 0.6 is 11.3 Å². The number of halogens is 2. The molecule has 3 N–H and O–H groups in total. The van der Waals surface area contributed by atoms with Crippen molar-refractivity contribution >= 4 is 28.8 Å². The molecule has 2 rings (SSSR count). The molecule has 0 aliphatic carbocycles. The largest absolute Gasteiger partial charge is 0.386 e. The Morgan fingerprint density at radius 3 is 2.45 bits per heavy atom. The fourth-order valence-corrected chi connectivity index (χ4v) is 2.31. The molecule has 1 aromatic carbocycles. The monoisotopic (exact) mass is 326 g/mol. The van der Waals surface area contributed by atoms with Gasteiger partial charge in [-0.05, 0) is 23.6 Å². The SMILES string of the molecule is O=C(NCC(O)c1c(F)cccc1F)C(=O)Nc1ccsc1. The Labute approximate surface area is 128 Å². The molecule has 22 heavy (non-hydrogen) atoms. The summed E-state index contributed by atoms with van der Waals surface area (Å²) < 4.78 is 26.9. The standard InChI is InChI=1S/C14H12F2N2O3S/c15-9-2-1-3-10(16)12(9)11(19)6-17-13(20)14(21)18-8-4-5-22-7-8/h1-5,7,11,19H,6H2,(H,17,20)(H,18,21). The summed E-state index contributed by atoms with van der Waals surface area (Å²) in [6.07, 6.45) is -1.60. The summed E-state index contributed by atoms with van der Waals surface area (Å²) in [4.78, 5) is 23.1. The van der Waals surface area contributed by atoms with Crippen LogP contribution in [-0.4, -0.2) is 23.5 Å². The summed E-state index contributed by atoms with van der Waals surface area (Å²) in [6, 6.07) is 4.76. The molecule has 0 saturated carbocycles. The van der Waals surface area contributed by atoms with E-state index >= 15 is 0 Å². The van der Waals surface area contributed by atoms with Crippen molar-refractivity contribution in [2.45, 2.75) is 6.10 Å². The fraction of sp³-hybridized carbons (Fsp3) is 0.143. The van der Waals surface area contributed by atoms with E-state index in [1.54, 1.807) is 16.8 Å². The Hall–Kier alpha value is -2.32. The Bertz CT molecular complexity index is 656. The molecule has 0 spiro atoms. The van der Waals surface area contributed by atoms with E-state index in [1.807, 2.05) is 0 Å². The first-order valence-corrected chi connectivity index (χ1v) is 7.16. The predicted octanol–water partition coefficient (Wildman–Crippen LogP) is 1.81. The Morgan fingerprint density at radius 1 is 1.18 bits per heavy atom. The van der Waals surface area contributed by atoms with Crippen molar-refractivity contribution in [2.24, 2.45) is 0 Å². The molecule has 0 aliphatic rings. The lowest BCUT2D eigenvalue weighted by Crippen LogP contribution is -2.37. The van der Waals surface area contributed by atoms with Gasteiger partial charge in [0.2, 0.25) is 0 Å². The Balaban J connectivity index is 1.92. The topological polar surface area (TPSA) is 78.4 Å². The number of aliphatic hydroxyl groups is 1. The van der Waals surface area contributed by atoms with Crippen molar-refractivity contribution in [3.8, 4) is 0 Å². The minimum Gasteiger partial charge on any atom is -0.386 e. The maximum absolute atomic E-state index is 13.4. The van der Waals surface area contributed by atoms with Crippen molar-refractivity contribution in [2.75, 3.05) is 11.9 Å². The number of amides is 2. The van der Waals surface area contributed by atoms with Gasteiger partial charge in [-0.2, -0.15) is 11.3 Å². The van der Waals surface area contributed by atoms with Gasteiger partial charge in [-0.1, -0.05) is 6.07 Å². The third kappa shape index (κ3) is 3.86. The first-order chi connectivity index (χ1) is 10.5. The summed E-state index contributed by atoms with van der Waals surface area (Å²) in [5.74, 6) is -3.80. The molecule has 0 aliphatic heterocycles. The third-order valence-electron chi connectivity index (χ3n) is 2.77. The summed E-state index contributed by atoms with van der Waals surface area (Å²) in [5, 5.41) is 17.6. The van der Waals surface area contributed by atoms with Crippen LogP contribution in [-0.2, 0) is 9.59 Å². The number of hydrogen-bond donors (Lipinski definition) is 3. The summed E-state index contributed by atoms with van der Waals surface area (Å²) in [6.45, 7) is -0.492. The summed E-state index contributed by atoms with van der Waals surface area (Å²) in [5.41, 5.74) is -0.0908. The molecule has 0 saturated heterocycles. The smallest absolute Gasteiger partial charge is 0.313 e. The molecule has 0 radical (unpaired) electrons. The number of thiophene rings is 1. The van der Waals surface area contributed by atoms with Crippen LogP contribution in [0.5, 0.6) is 0 Å². The average molecular weight is 326 g/mol. The lowest BCUT2D eigenvalue weighted by Gasteiger charge is -2.13. The van der Waals surface area contributed by atoms with E-state index in [1.165, 1.54) is 11.3 Å². The van der Waals surface area contributed by atoms with Gasteiger partial charge in [0, 0.05) is 11.9 Å². The first-order valence-electron chi connectivity index (χ1n) is 6.22. The minimum atomic E-state index is -1.60. The van der Waals surface area contributed by atoms with Gasteiger partial charge in [0.05, 0.1) is 11.3 Å². The molecule has 1 heterocycles. The van der Waals surface area contributed by atoms with Crippen LogP contribution in [0.2, 0.25) is 0 Å². The number of hydrogen-bond acceptors (Lipinski definition) is 4. The predicted molar refractivity (Wildman–Crippen MR) is 77.3 cm³/mol. The number of carbonyl (C=O) groups is 2. The number of benzene rings is 1. The summed E-state index contributed by atoms with van der Waals surface area (Å²) in [7, 11) is 0. The van der Waals surface area contributed by atoms with E-state index < -0.39 is 41.7 Å². The second-order valence-corrected chi connectivity index (χ2v) is 5.11. The minimum absolute atomic E-state index is 0.464. The van der Waals surface area contributed by atoms with Gasteiger partial charge in [-0.3, -0.25) is 9.59 Å². The number of nitrogens with one attached hydrogen (secondary N) is 2. The number of anilines is 1. The molecule has 8 heteroatoms. The van der Waals surface area contributed by atoms with E-state index in [9.17, 15) is 23.5 Å². The number of aliphatic hydroxyl groups excluding tert-OH is 1. The molecule has 1 aromatic heterocycles. The molecule has 116 valence electrons. The molecular formula is C14H12F2N2O3S. The van der Waals surface area contributed by atoms with Crippen molar-refractivity contribution in [3.63, 3.8) is 0 Å². The Morgan fingerprint density at radius 2 is 1.86 bits per heavy atom. The lowest BCUT2D eigenvalue weighted by molar-refractivity contribution is -0.136. The fourth-order valence-electron chi connectivity index (χ4n) is 1.72. The maximum atomic E-state index is 13.4. The van der Waals surface area contributed by atoms with Crippen LogP contribution < -0.4 is 10.6 Å². The zero-order valence-corrected chi connectivity index (χ0v) is 12.0. The second-order valence-electron chi connectivity index (χ2n) is 4.33. The highest BCUT2D eigenvalue weighted by molar-refractivity contribution is 7.08. The zero-order valence-electron chi connectivity index (χ0n) is 11.2. The van der Waals surface area contributed by atoms with Gasteiger partial charge < -0.3 is 15.7 Å². The van der Waals surface area contributed by atoms with Gasteiger partial charge >= 0.3 is 11.8 Å². The van der Waals surface area contributed by atoms with Gasteiger partial charge in [0.25, 0.3) is 0 Å². The molecule has 5 nitrogen and oxygen atoms in total. The van der Waals surface area contributed by atoms with Crippen LogP contribution in [0.1, 0.15) is 11.7 Å². The molecule has 2 aromatic rings. The number of rotatable bonds is 4. The van der Waals surface area contributed by atoms with Crippen molar-refractivity contribution in [3.05, 3.63) is 52.2 Å². The third-order valence-corrected chi connectivity index (χ3v) is 3.46. The van der Waals surface area contributed by atoms with Crippen molar-refractivity contribution < 1.29 is 23.5 Å². The first kappa shape index (κ1) is 16.1. The van der Waals surface area contributed by atoms with Crippen LogP contribution in [0.3, 0.4) is 0 Å². The quantitative estimate of drug-likeness (QED) is 0.750. The molecular weight excluding hydrogens is 314 g/mol. The highest BCUT2D eigenvalue weighted by atomic mass is 32.1. The van der Waals surface area contributed by atoms with E-state index in [2.05, 4.69) is 10.6 Å². The molecule has 1 atom stereocenters. The zero-order chi connectivity index (χ0) is 16.1. The van der Waals surface area contributed by atoms with Gasteiger partial charge in [-0.15, -0.1) is 0 Å². The van der Waals surface area contributed by atoms with E-state index in [0.717, 1.165) is 18.2 Å². The Kier molecular flexibility index (Phi) is 5.18. The van der Waals surface area contributed by atoms with Crippen molar-refractivity contribution in [1.29, 1.82) is 0 Å². The van der Waals surface area contributed by atoms with Gasteiger partial charge in [0.1, 0.15) is 17.7 Å². The molecule has 0 fully saturated rings. The molecule has 1 unspecified atom stereocenters. The summed E-state index contributed by atoms with van der Waals surface area (Å²) >= 11 is 1.34. The average Bonchev–Trinajstić information content (AvgIpc) is 2.97. The van der Waals surface area contributed by atoms with E-state index in [0.29, 0.717) is 5.69 Å². The van der Waals surface area contributed by atoms with E-state index in [-0.39, 0.29) is 0 Å².